The van der Waals surface area contributed by atoms with Crippen molar-refractivity contribution in [2.75, 3.05) is 18.8 Å². The molecule has 0 unspecified atom stereocenters. The SMILES string of the molecule is O=C(CN1C(=O)CSC=C1c1ccccc1)NCCC1=CCCCC1. The number of hydrogen-bond donors (Lipinski definition) is 1. The van der Waals surface area contributed by atoms with Gasteiger partial charge in [-0.1, -0.05) is 42.0 Å². The molecule has 25 heavy (non-hydrogen) atoms. The number of benzene rings is 1. The van der Waals surface area contributed by atoms with Crippen molar-refractivity contribution < 1.29 is 9.59 Å². The Kier molecular flexibility index (Phi) is 6.34. The number of carbonyl (C=O) groups excluding carboxylic acids is 2. The molecule has 4 nitrogen and oxygen atoms in total. The molecule has 0 bridgehead atoms. The third kappa shape index (κ3) is 4.98. The molecule has 1 aliphatic heterocycles. The zero-order chi connectivity index (χ0) is 17.5. The van der Waals surface area contributed by atoms with E-state index in [1.54, 1.807) is 4.90 Å². The Morgan fingerprint density at radius 2 is 2.04 bits per heavy atom. The quantitative estimate of drug-likeness (QED) is 0.793. The second-order valence-electron chi connectivity index (χ2n) is 6.37. The maximum Gasteiger partial charge on any atom is 0.240 e. The van der Waals surface area contributed by atoms with E-state index in [0.29, 0.717) is 12.3 Å². The highest BCUT2D eigenvalue weighted by Gasteiger charge is 2.25. The lowest BCUT2D eigenvalue weighted by atomic mass is 9.97. The summed E-state index contributed by atoms with van der Waals surface area (Å²) in [5, 5.41) is 4.93. The van der Waals surface area contributed by atoms with E-state index in [2.05, 4.69) is 11.4 Å². The van der Waals surface area contributed by atoms with Crippen LogP contribution in [0.5, 0.6) is 0 Å². The van der Waals surface area contributed by atoms with Gasteiger partial charge < -0.3 is 10.2 Å². The van der Waals surface area contributed by atoms with E-state index >= 15 is 0 Å². The van der Waals surface area contributed by atoms with E-state index in [1.165, 1.54) is 30.2 Å². The number of rotatable bonds is 6. The molecule has 1 N–H and O–H groups in total. The molecule has 1 aromatic carbocycles. The van der Waals surface area contributed by atoms with Gasteiger partial charge in [0.25, 0.3) is 0 Å². The van der Waals surface area contributed by atoms with Gasteiger partial charge in [-0.2, -0.15) is 0 Å². The molecule has 1 aliphatic carbocycles. The number of nitrogens with zero attached hydrogens (tertiary/aromatic N) is 1. The molecule has 2 amide bonds. The van der Waals surface area contributed by atoms with Gasteiger partial charge in [-0.05, 0) is 43.1 Å². The summed E-state index contributed by atoms with van der Waals surface area (Å²) in [5.74, 6) is 0.270. The summed E-state index contributed by atoms with van der Waals surface area (Å²) in [6, 6.07) is 9.75. The lowest BCUT2D eigenvalue weighted by molar-refractivity contribution is -0.131. The van der Waals surface area contributed by atoms with Crippen LogP contribution in [0.4, 0.5) is 0 Å². The van der Waals surface area contributed by atoms with E-state index in [1.807, 2.05) is 35.7 Å². The van der Waals surface area contributed by atoms with Crippen LogP contribution in [0, 0.1) is 0 Å². The Hall–Kier alpha value is -2.01. The first-order valence-corrected chi connectivity index (χ1v) is 9.91. The van der Waals surface area contributed by atoms with Gasteiger partial charge in [-0.25, -0.2) is 0 Å². The fourth-order valence-electron chi connectivity index (χ4n) is 3.17. The summed E-state index contributed by atoms with van der Waals surface area (Å²) in [6.07, 6.45) is 8.06. The molecule has 1 aromatic rings. The van der Waals surface area contributed by atoms with Crippen LogP contribution < -0.4 is 5.32 Å². The largest absolute Gasteiger partial charge is 0.354 e. The van der Waals surface area contributed by atoms with Crippen molar-refractivity contribution in [1.29, 1.82) is 0 Å². The molecule has 132 valence electrons. The molecule has 0 fully saturated rings. The van der Waals surface area contributed by atoms with Crippen molar-refractivity contribution >= 4 is 29.3 Å². The summed E-state index contributed by atoms with van der Waals surface area (Å²) in [5.41, 5.74) is 3.22. The summed E-state index contributed by atoms with van der Waals surface area (Å²) < 4.78 is 0. The number of allylic oxidation sites excluding steroid dienone is 1. The lowest BCUT2D eigenvalue weighted by Gasteiger charge is -2.28. The van der Waals surface area contributed by atoms with Crippen LogP contribution in [-0.2, 0) is 9.59 Å². The molecule has 0 aromatic heterocycles. The monoisotopic (exact) mass is 356 g/mol. The molecule has 1 heterocycles. The second-order valence-corrected chi connectivity index (χ2v) is 7.23. The van der Waals surface area contributed by atoms with Crippen molar-refractivity contribution in [1.82, 2.24) is 10.2 Å². The standard InChI is InChI=1S/C20H24N2O2S/c23-19(21-12-11-16-7-3-1-4-8-16)13-22-18(14-25-15-20(22)24)17-9-5-2-6-10-17/h2,5-7,9-10,14H,1,3-4,8,11-13,15H2,(H,21,23). The van der Waals surface area contributed by atoms with Crippen molar-refractivity contribution in [3.8, 4) is 0 Å². The average Bonchev–Trinajstić information content (AvgIpc) is 2.65. The minimum Gasteiger partial charge on any atom is -0.354 e. The van der Waals surface area contributed by atoms with Crippen LogP contribution in [0.2, 0.25) is 0 Å². The zero-order valence-electron chi connectivity index (χ0n) is 14.4. The maximum atomic E-state index is 12.3. The highest BCUT2D eigenvalue weighted by molar-refractivity contribution is 8.03. The van der Waals surface area contributed by atoms with Crippen LogP contribution in [-0.4, -0.2) is 35.6 Å². The van der Waals surface area contributed by atoms with E-state index < -0.39 is 0 Å². The predicted molar refractivity (Wildman–Crippen MR) is 103 cm³/mol. The van der Waals surface area contributed by atoms with Gasteiger partial charge in [0.2, 0.25) is 11.8 Å². The summed E-state index contributed by atoms with van der Waals surface area (Å²) in [7, 11) is 0. The topological polar surface area (TPSA) is 49.4 Å². The molecule has 5 heteroatoms. The van der Waals surface area contributed by atoms with Crippen LogP contribution in [0.25, 0.3) is 5.70 Å². The molecule has 0 spiro atoms. The number of carbonyl (C=O) groups is 2. The van der Waals surface area contributed by atoms with Gasteiger partial charge in [0.1, 0.15) is 6.54 Å². The molecule has 0 atom stereocenters. The molecule has 0 saturated heterocycles. The highest BCUT2D eigenvalue weighted by Crippen LogP contribution is 2.27. The van der Waals surface area contributed by atoms with Crippen molar-refractivity contribution in [2.45, 2.75) is 32.1 Å². The molecule has 3 rings (SSSR count). The second kappa shape index (κ2) is 8.90. The first-order chi connectivity index (χ1) is 12.2. The van der Waals surface area contributed by atoms with Gasteiger partial charge in [-0.15, -0.1) is 11.8 Å². The Morgan fingerprint density at radius 1 is 1.20 bits per heavy atom. The van der Waals surface area contributed by atoms with E-state index in [0.717, 1.165) is 30.5 Å². The minimum atomic E-state index is -0.0986. The summed E-state index contributed by atoms with van der Waals surface area (Å²) in [4.78, 5) is 26.2. The number of amides is 2. The molecule has 0 radical (unpaired) electrons. The van der Waals surface area contributed by atoms with E-state index in [4.69, 9.17) is 0 Å². The van der Waals surface area contributed by atoms with E-state index in [9.17, 15) is 9.59 Å². The van der Waals surface area contributed by atoms with Crippen LogP contribution in [0.3, 0.4) is 0 Å². The Morgan fingerprint density at radius 3 is 2.80 bits per heavy atom. The molecular weight excluding hydrogens is 332 g/mol. The summed E-state index contributed by atoms with van der Waals surface area (Å²) in [6.45, 7) is 0.727. The smallest absolute Gasteiger partial charge is 0.240 e. The van der Waals surface area contributed by atoms with E-state index in [-0.39, 0.29) is 18.4 Å². The van der Waals surface area contributed by atoms with Crippen LogP contribution in [0.15, 0.2) is 47.4 Å². The Balaban J connectivity index is 1.56. The van der Waals surface area contributed by atoms with Crippen molar-refractivity contribution in [3.63, 3.8) is 0 Å². The lowest BCUT2D eigenvalue weighted by Crippen LogP contribution is -2.41. The molecule has 2 aliphatic rings. The van der Waals surface area contributed by atoms with Crippen molar-refractivity contribution in [2.24, 2.45) is 0 Å². The predicted octanol–water partition coefficient (Wildman–Crippen LogP) is 3.57. The Labute approximate surface area is 153 Å². The van der Waals surface area contributed by atoms with Crippen molar-refractivity contribution in [3.05, 3.63) is 53.0 Å². The average molecular weight is 356 g/mol. The normalized spacial score (nSPS) is 17.8. The van der Waals surface area contributed by atoms with Crippen LogP contribution in [0.1, 0.15) is 37.7 Å². The van der Waals surface area contributed by atoms with Gasteiger partial charge in [-0.3, -0.25) is 9.59 Å². The van der Waals surface area contributed by atoms with Gasteiger partial charge in [0, 0.05) is 6.54 Å². The molecule has 0 saturated carbocycles. The Bertz CT molecular complexity index is 682. The number of nitrogens with one attached hydrogen (secondary N) is 1. The number of thioether (sulfide) groups is 1. The third-order valence-corrected chi connectivity index (χ3v) is 5.32. The summed E-state index contributed by atoms with van der Waals surface area (Å²) >= 11 is 1.48. The van der Waals surface area contributed by atoms with Gasteiger partial charge >= 0.3 is 0 Å². The fraction of sp³-hybridized carbons (Fsp3) is 0.400. The minimum absolute atomic E-state index is 0.0171. The fourth-order valence-corrected chi connectivity index (χ4v) is 3.97. The number of hydrogen-bond acceptors (Lipinski definition) is 3. The van der Waals surface area contributed by atoms with Gasteiger partial charge in [0.15, 0.2) is 0 Å². The third-order valence-electron chi connectivity index (χ3n) is 4.52. The highest BCUT2D eigenvalue weighted by atomic mass is 32.2. The maximum absolute atomic E-state index is 12.3. The zero-order valence-corrected chi connectivity index (χ0v) is 15.2. The van der Waals surface area contributed by atoms with Crippen LogP contribution >= 0.6 is 11.8 Å². The first-order valence-electron chi connectivity index (χ1n) is 8.86. The molecular formula is C20H24N2O2S. The first kappa shape index (κ1) is 17.8. The van der Waals surface area contributed by atoms with Gasteiger partial charge in [0.05, 0.1) is 11.4 Å².